The number of thiophene rings is 1. The van der Waals surface area contributed by atoms with Gasteiger partial charge < -0.3 is 5.32 Å². The molecule has 0 aliphatic heterocycles. The van der Waals surface area contributed by atoms with Gasteiger partial charge in [-0.15, -0.1) is 0 Å². The van der Waals surface area contributed by atoms with Gasteiger partial charge in [0.1, 0.15) is 0 Å². The van der Waals surface area contributed by atoms with E-state index in [9.17, 15) is 0 Å². The summed E-state index contributed by atoms with van der Waals surface area (Å²) in [5.74, 6) is 0.656. The molecule has 0 saturated heterocycles. The third kappa shape index (κ3) is 2.76. The quantitative estimate of drug-likeness (QED) is 0.940. The zero-order chi connectivity index (χ0) is 10.7. The van der Waals surface area contributed by atoms with Crippen LogP contribution in [-0.4, -0.2) is 9.97 Å². The second kappa shape index (κ2) is 4.72. The summed E-state index contributed by atoms with van der Waals surface area (Å²) in [6.45, 7) is 2.88. The number of rotatable bonds is 3. The molecule has 15 heavy (non-hydrogen) atoms. The molecule has 0 fully saturated rings. The van der Waals surface area contributed by atoms with E-state index in [0.29, 0.717) is 5.95 Å². The van der Waals surface area contributed by atoms with Crippen LogP contribution >= 0.6 is 27.3 Å². The fourth-order valence-corrected chi connectivity index (χ4v) is 2.21. The van der Waals surface area contributed by atoms with Gasteiger partial charge in [0, 0.05) is 18.9 Å². The molecule has 0 aromatic carbocycles. The molecule has 2 aromatic heterocycles. The number of aryl methyl sites for hydroxylation is 1. The van der Waals surface area contributed by atoms with Crippen molar-refractivity contribution in [1.82, 2.24) is 9.97 Å². The minimum atomic E-state index is 0.656. The zero-order valence-electron chi connectivity index (χ0n) is 8.20. The third-order valence-corrected chi connectivity index (χ3v) is 3.34. The molecule has 0 amide bonds. The fraction of sp³-hybridized carbons (Fsp3) is 0.200. The molecule has 0 unspecified atom stereocenters. The lowest BCUT2D eigenvalue weighted by molar-refractivity contribution is 1.04. The number of anilines is 1. The van der Waals surface area contributed by atoms with Crippen molar-refractivity contribution < 1.29 is 0 Å². The SMILES string of the molecule is Cc1cscc1CNc1ncc(Br)cn1. The lowest BCUT2D eigenvalue weighted by atomic mass is 10.2. The minimum absolute atomic E-state index is 0.656. The summed E-state index contributed by atoms with van der Waals surface area (Å²) in [6, 6.07) is 0. The molecule has 2 aromatic rings. The summed E-state index contributed by atoms with van der Waals surface area (Å²) in [6.07, 6.45) is 3.46. The maximum Gasteiger partial charge on any atom is 0.222 e. The molecule has 0 aliphatic carbocycles. The van der Waals surface area contributed by atoms with Crippen molar-refractivity contribution in [3.05, 3.63) is 38.8 Å². The van der Waals surface area contributed by atoms with E-state index in [4.69, 9.17) is 0 Å². The number of nitrogens with zero attached hydrogens (tertiary/aromatic N) is 2. The first kappa shape index (κ1) is 10.6. The Hall–Kier alpha value is -0.940. The van der Waals surface area contributed by atoms with E-state index in [-0.39, 0.29) is 0 Å². The molecule has 2 heterocycles. The molecular formula is C10H10BrN3S. The van der Waals surface area contributed by atoms with E-state index in [1.165, 1.54) is 11.1 Å². The van der Waals surface area contributed by atoms with Crippen LogP contribution < -0.4 is 5.32 Å². The Kier molecular flexibility index (Phi) is 3.33. The number of halogens is 1. The number of hydrogen-bond donors (Lipinski definition) is 1. The van der Waals surface area contributed by atoms with Gasteiger partial charge >= 0.3 is 0 Å². The standard InChI is InChI=1S/C10H10BrN3S/c1-7-5-15-6-8(7)2-12-10-13-3-9(11)4-14-10/h3-6H,2H2,1H3,(H,12,13,14). The predicted octanol–water partition coefficient (Wildman–Crippen LogP) is 3.22. The second-order valence-electron chi connectivity index (χ2n) is 3.16. The first-order chi connectivity index (χ1) is 7.25. The molecular weight excluding hydrogens is 274 g/mol. The largest absolute Gasteiger partial charge is 0.350 e. The summed E-state index contributed by atoms with van der Waals surface area (Å²) in [7, 11) is 0. The first-order valence-corrected chi connectivity index (χ1v) is 6.22. The average molecular weight is 284 g/mol. The van der Waals surface area contributed by atoms with Crippen molar-refractivity contribution in [2.24, 2.45) is 0 Å². The van der Waals surface area contributed by atoms with Gasteiger partial charge in [0.25, 0.3) is 0 Å². The van der Waals surface area contributed by atoms with Crippen LogP contribution in [0.4, 0.5) is 5.95 Å². The molecule has 0 spiro atoms. The van der Waals surface area contributed by atoms with Crippen molar-refractivity contribution in [3.8, 4) is 0 Å². The van der Waals surface area contributed by atoms with Gasteiger partial charge in [0.05, 0.1) is 4.47 Å². The Morgan fingerprint density at radius 1 is 1.33 bits per heavy atom. The first-order valence-electron chi connectivity index (χ1n) is 4.49. The van der Waals surface area contributed by atoms with Gasteiger partial charge in [-0.05, 0) is 44.7 Å². The molecule has 3 nitrogen and oxygen atoms in total. The topological polar surface area (TPSA) is 37.8 Å². The second-order valence-corrected chi connectivity index (χ2v) is 4.82. The molecule has 78 valence electrons. The maximum atomic E-state index is 4.14. The Labute approximate surface area is 101 Å². The molecule has 2 rings (SSSR count). The monoisotopic (exact) mass is 283 g/mol. The summed E-state index contributed by atoms with van der Waals surface area (Å²) in [5, 5.41) is 7.46. The van der Waals surface area contributed by atoms with E-state index < -0.39 is 0 Å². The molecule has 0 saturated carbocycles. The van der Waals surface area contributed by atoms with Gasteiger partial charge in [-0.25, -0.2) is 9.97 Å². The van der Waals surface area contributed by atoms with Crippen molar-refractivity contribution in [2.75, 3.05) is 5.32 Å². The lowest BCUT2D eigenvalue weighted by Crippen LogP contribution is -2.03. The summed E-state index contributed by atoms with van der Waals surface area (Å²) in [5.41, 5.74) is 2.61. The highest BCUT2D eigenvalue weighted by molar-refractivity contribution is 9.10. The van der Waals surface area contributed by atoms with E-state index in [0.717, 1.165) is 11.0 Å². The van der Waals surface area contributed by atoms with Gasteiger partial charge in [0.15, 0.2) is 0 Å². The Morgan fingerprint density at radius 2 is 2.07 bits per heavy atom. The van der Waals surface area contributed by atoms with Crippen molar-refractivity contribution >= 4 is 33.2 Å². The Morgan fingerprint density at radius 3 is 2.67 bits per heavy atom. The van der Waals surface area contributed by atoms with Crippen LogP contribution in [0.5, 0.6) is 0 Å². The number of aromatic nitrogens is 2. The fourth-order valence-electron chi connectivity index (χ4n) is 1.15. The van der Waals surface area contributed by atoms with Crippen LogP contribution in [0.15, 0.2) is 27.6 Å². The normalized spacial score (nSPS) is 10.3. The van der Waals surface area contributed by atoms with Gasteiger partial charge in [-0.3, -0.25) is 0 Å². The maximum absolute atomic E-state index is 4.14. The van der Waals surface area contributed by atoms with Crippen molar-refractivity contribution in [2.45, 2.75) is 13.5 Å². The molecule has 0 bridgehead atoms. The number of hydrogen-bond acceptors (Lipinski definition) is 4. The van der Waals surface area contributed by atoms with Crippen LogP contribution in [0.1, 0.15) is 11.1 Å². The molecule has 0 aliphatic rings. The van der Waals surface area contributed by atoms with Crippen molar-refractivity contribution in [3.63, 3.8) is 0 Å². The summed E-state index contributed by atoms with van der Waals surface area (Å²) < 4.78 is 0.889. The Balaban J connectivity index is 1.99. The van der Waals surface area contributed by atoms with Gasteiger partial charge in [-0.2, -0.15) is 11.3 Å². The molecule has 0 atom stereocenters. The van der Waals surface area contributed by atoms with E-state index >= 15 is 0 Å². The average Bonchev–Trinajstić information content (AvgIpc) is 2.63. The smallest absolute Gasteiger partial charge is 0.222 e. The van der Waals surface area contributed by atoms with Crippen LogP contribution in [0.2, 0.25) is 0 Å². The highest BCUT2D eigenvalue weighted by atomic mass is 79.9. The zero-order valence-corrected chi connectivity index (χ0v) is 10.6. The minimum Gasteiger partial charge on any atom is -0.350 e. The van der Waals surface area contributed by atoms with E-state index in [2.05, 4.69) is 48.9 Å². The van der Waals surface area contributed by atoms with Crippen LogP contribution in [0, 0.1) is 6.92 Å². The van der Waals surface area contributed by atoms with E-state index in [1.54, 1.807) is 23.7 Å². The molecule has 1 N–H and O–H groups in total. The molecule has 0 radical (unpaired) electrons. The predicted molar refractivity (Wildman–Crippen MR) is 66.1 cm³/mol. The van der Waals surface area contributed by atoms with Crippen LogP contribution in [-0.2, 0) is 6.54 Å². The van der Waals surface area contributed by atoms with Crippen molar-refractivity contribution in [1.29, 1.82) is 0 Å². The summed E-state index contributed by atoms with van der Waals surface area (Å²) in [4.78, 5) is 8.28. The number of nitrogens with one attached hydrogen (secondary N) is 1. The van der Waals surface area contributed by atoms with Gasteiger partial charge in [0.2, 0.25) is 5.95 Å². The highest BCUT2D eigenvalue weighted by Gasteiger charge is 2.00. The summed E-state index contributed by atoms with van der Waals surface area (Å²) >= 11 is 5.01. The third-order valence-electron chi connectivity index (χ3n) is 2.02. The highest BCUT2D eigenvalue weighted by Crippen LogP contribution is 2.15. The van der Waals surface area contributed by atoms with Crippen LogP contribution in [0.3, 0.4) is 0 Å². The molecule has 5 heteroatoms. The van der Waals surface area contributed by atoms with E-state index in [1.807, 2.05) is 0 Å². The Bertz CT molecular complexity index is 438. The van der Waals surface area contributed by atoms with Gasteiger partial charge in [-0.1, -0.05) is 0 Å². The van der Waals surface area contributed by atoms with Crippen LogP contribution in [0.25, 0.3) is 0 Å². The lowest BCUT2D eigenvalue weighted by Gasteiger charge is -2.03.